The van der Waals surface area contributed by atoms with Crippen molar-refractivity contribution in [2.24, 2.45) is 0 Å². The molecule has 2 aromatic rings. The van der Waals surface area contributed by atoms with E-state index in [1.165, 1.54) is 25.6 Å². The van der Waals surface area contributed by atoms with Gasteiger partial charge in [-0.1, -0.05) is 0 Å². The average Bonchev–Trinajstić information content (AvgIpc) is 2.85. The molecule has 1 aromatic heterocycles. The number of thiazole rings is 1. The first-order chi connectivity index (χ1) is 11.9. The maximum absolute atomic E-state index is 12.3. The molecule has 0 radical (unpaired) electrons. The molecular formula is C17H21N3O4S. The number of ether oxygens (including phenoxy) is 2. The number of hydrogen-bond acceptors (Lipinski definition) is 6. The fraction of sp³-hybridized carbons (Fsp3) is 0.353. The highest BCUT2D eigenvalue weighted by Crippen LogP contribution is 2.28. The first kappa shape index (κ1) is 18.9. The zero-order valence-electron chi connectivity index (χ0n) is 14.6. The summed E-state index contributed by atoms with van der Waals surface area (Å²) < 4.78 is 10.0. The fourth-order valence-corrected chi connectivity index (χ4v) is 3.23. The van der Waals surface area contributed by atoms with Gasteiger partial charge in [0.2, 0.25) is 11.8 Å². The van der Waals surface area contributed by atoms with Gasteiger partial charge in [-0.25, -0.2) is 4.98 Å². The molecule has 0 bridgehead atoms. The Labute approximate surface area is 150 Å². The Morgan fingerprint density at radius 1 is 1.16 bits per heavy atom. The summed E-state index contributed by atoms with van der Waals surface area (Å²) in [6.45, 7) is 3.74. The van der Waals surface area contributed by atoms with E-state index < -0.39 is 0 Å². The van der Waals surface area contributed by atoms with Crippen molar-refractivity contribution in [3.05, 3.63) is 33.8 Å². The van der Waals surface area contributed by atoms with Gasteiger partial charge < -0.3 is 20.1 Å². The highest BCUT2D eigenvalue weighted by molar-refractivity contribution is 7.11. The van der Waals surface area contributed by atoms with Crippen LogP contribution in [0.1, 0.15) is 15.6 Å². The lowest BCUT2D eigenvalue weighted by Gasteiger charge is -2.12. The van der Waals surface area contributed by atoms with Crippen LogP contribution in [0, 0.1) is 13.8 Å². The van der Waals surface area contributed by atoms with Crippen molar-refractivity contribution in [3.63, 3.8) is 0 Å². The number of benzene rings is 1. The summed E-state index contributed by atoms with van der Waals surface area (Å²) in [5.41, 5.74) is 1.91. The van der Waals surface area contributed by atoms with E-state index in [-0.39, 0.29) is 24.8 Å². The maximum Gasteiger partial charge on any atom is 0.250 e. The molecular weight excluding hydrogens is 342 g/mol. The number of rotatable bonds is 7. The van der Waals surface area contributed by atoms with Crippen LogP contribution in [0.4, 0.5) is 11.4 Å². The normalized spacial score (nSPS) is 10.4. The predicted octanol–water partition coefficient (Wildman–Crippen LogP) is 2.53. The second-order valence-electron chi connectivity index (χ2n) is 5.36. The zero-order valence-corrected chi connectivity index (χ0v) is 15.5. The molecule has 2 amide bonds. The second-order valence-corrected chi connectivity index (χ2v) is 6.65. The molecule has 0 spiro atoms. The number of carbonyl (C=O) groups excluding carboxylic acids is 2. The molecule has 0 saturated carbocycles. The second kappa shape index (κ2) is 8.59. The fourth-order valence-electron chi connectivity index (χ4n) is 2.29. The van der Waals surface area contributed by atoms with Crippen molar-refractivity contribution < 1.29 is 19.1 Å². The molecule has 2 N–H and O–H groups in total. The number of nitrogens with zero attached hydrogens (tertiary/aromatic N) is 1. The minimum atomic E-state index is -0.306. The van der Waals surface area contributed by atoms with Gasteiger partial charge in [-0.05, 0) is 32.0 Å². The van der Waals surface area contributed by atoms with Crippen LogP contribution in [0.3, 0.4) is 0 Å². The standard InChI is InChI=1S/C17H21N3O4S/c1-10-15(25-11(2)18-10)8-16(21)19-12-5-6-14(24-4)13(7-12)20-17(22)9-23-3/h5-7H,8-9H2,1-4H3,(H,19,21)(H,20,22). The van der Waals surface area contributed by atoms with Crippen LogP contribution >= 0.6 is 11.3 Å². The highest BCUT2D eigenvalue weighted by Gasteiger charge is 2.13. The van der Waals surface area contributed by atoms with E-state index in [0.717, 1.165) is 15.6 Å². The third-order valence-corrected chi connectivity index (χ3v) is 4.43. The number of methoxy groups -OCH3 is 2. The van der Waals surface area contributed by atoms with Gasteiger partial charge in [0.05, 0.1) is 29.9 Å². The van der Waals surface area contributed by atoms with Gasteiger partial charge in [-0.2, -0.15) is 0 Å². The number of nitrogens with one attached hydrogen (secondary N) is 2. The molecule has 2 rings (SSSR count). The molecule has 1 heterocycles. The third kappa shape index (κ3) is 5.27. The van der Waals surface area contributed by atoms with Crippen molar-refractivity contribution in [1.29, 1.82) is 0 Å². The molecule has 0 fully saturated rings. The third-order valence-electron chi connectivity index (χ3n) is 3.35. The van der Waals surface area contributed by atoms with Crippen LogP contribution in [0.25, 0.3) is 0 Å². The van der Waals surface area contributed by atoms with Gasteiger partial charge in [0.1, 0.15) is 12.4 Å². The molecule has 0 aliphatic carbocycles. The lowest BCUT2D eigenvalue weighted by Crippen LogP contribution is -2.18. The summed E-state index contributed by atoms with van der Waals surface area (Å²) in [7, 11) is 2.95. The van der Waals surface area contributed by atoms with Gasteiger partial charge in [-0.15, -0.1) is 11.3 Å². The summed E-state index contributed by atoms with van der Waals surface area (Å²) in [4.78, 5) is 29.2. The highest BCUT2D eigenvalue weighted by atomic mass is 32.1. The zero-order chi connectivity index (χ0) is 18.4. The summed E-state index contributed by atoms with van der Waals surface area (Å²) in [6.07, 6.45) is 0.259. The number of anilines is 2. The van der Waals surface area contributed by atoms with Crippen LogP contribution in [-0.4, -0.2) is 37.6 Å². The van der Waals surface area contributed by atoms with Crippen LogP contribution in [0.2, 0.25) is 0 Å². The van der Waals surface area contributed by atoms with E-state index in [1.807, 2.05) is 13.8 Å². The SMILES string of the molecule is COCC(=O)Nc1cc(NC(=O)Cc2sc(C)nc2C)ccc1OC. The lowest BCUT2D eigenvalue weighted by molar-refractivity contribution is -0.119. The smallest absolute Gasteiger partial charge is 0.250 e. The number of hydrogen-bond donors (Lipinski definition) is 2. The van der Waals surface area contributed by atoms with Crippen molar-refractivity contribution in [2.75, 3.05) is 31.5 Å². The van der Waals surface area contributed by atoms with E-state index in [1.54, 1.807) is 18.2 Å². The summed E-state index contributed by atoms with van der Waals surface area (Å²) in [5, 5.41) is 6.45. The van der Waals surface area contributed by atoms with Crippen molar-refractivity contribution in [2.45, 2.75) is 20.3 Å². The number of amides is 2. The molecule has 1 aromatic carbocycles. The van der Waals surface area contributed by atoms with Gasteiger partial charge >= 0.3 is 0 Å². The van der Waals surface area contributed by atoms with E-state index in [9.17, 15) is 9.59 Å². The van der Waals surface area contributed by atoms with Crippen molar-refractivity contribution in [1.82, 2.24) is 4.98 Å². The first-order valence-corrected chi connectivity index (χ1v) is 8.44. The topological polar surface area (TPSA) is 89.6 Å². The molecule has 25 heavy (non-hydrogen) atoms. The Hall–Kier alpha value is -2.45. The lowest BCUT2D eigenvalue weighted by atomic mass is 10.2. The summed E-state index contributed by atoms with van der Waals surface area (Å²) in [6, 6.07) is 5.04. The minimum Gasteiger partial charge on any atom is -0.495 e. The molecule has 0 saturated heterocycles. The first-order valence-electron chi connectivity index (χ1n) is 7.62. The van der Waals surface area contributed by atoms with Crippen LogP contribution < -0.4 is 15.4 Å². The van der Waals surface area contributed by atoms with Gasteiger partial charge in [0.15, 0.2) is 0 Å². The van der Waals surface area contributed by atoms with E-state index in [4.69, 9.17) is 9.47 Å². The van der Waals surface area contributed by atoms with Gasteiger partial charge in [0.25, 0.3) is 0 Å². The van der Waals surface area contributed by atoms with E-state index in [0.29, 0.717) is 17.1 Å². The number of aryl methyl sites for hydroxylation is 2. The molecule has 8 heteroatoms. The molecule has 0 atom stereocenters. The van der Waals surface area contributed by atoms with E-state index >= 15 is 0 Å². The Morgan fingerprint density at radius 2 is 1.92 bits per heavy atom. The summed E-state index contributed by atoms with van der Waals surface area (Å²) >= 11 is 1.51. The van der Waals surface area contributed by atoms with Crippen LogP contribution in [0.5, 0.6) is 5.75 Å². The van der Waals surface area contributed by atoms with Gasteiger partial charge in [-0.3, -0.25) is 9.59 Å². The largest absolute Gasteiger partial charge is 0.495 e. The average molecular weight is 363 g/mol. The van der Waals surface area contributed by atoms with Gasteiger partial charge in [0, 0.05) is 17.7 Å². The Morgan fingerprint density at radius 3 is 2.52 bits per heavy atom. The Bertz CT molecular complexity index is 773. The predicted molar refractivity (Wildman–Crippen MR) is 97.4 cm³/mol. The molecule has 0 unspecified atom stereocenters. The maximum atomic E-state index is 12.3. The van der Waals surface area contributed by atoms with Crippen LogP contribution in [0.15, 0.2) is 18.2 Å². The van der Waals surface area contributed by atoms with Crippen molar-refractivity contribution >= 4 is 34.5 Å². The van der Waals surface area contributed by atoms with Crippen molar-refractivity contribution in [3.8, 4) is 5.75 Å². The molecule has 0 aliphatic rings. The monoisotopic (exact) mass is 363 g/mol. The Kier molecular flexibility index (Phi) is 6.49. The molecule has 0 aliphatic heterocycles. The van der Waals surface area contributed by atoms with E-state index in [2.05, 4.69) is 15.6 Å². The molecule has 7 nitrogen and oxygen atoms in total. The van der Waals surface area contributed by atoms with Crippen LogP contribution in [-0.2, 0) is 20.7 Å². The number of aromatic nitrogens is 1. The minimum absolute atomic E-state index is 0.0657. The summed E-state index contributed by atoms with van der Waals surface area (Å²) in [5.74, 6) is 0.0440. The quantitative estimate of drug-likeness (QED) is 0.789. The molecule has 134 valence electrons. The Balaban J connectivity index is 2.09. The number of carbonyl (C=O) groups is 2.